The predicted molar refractivity (Wildman–Crippen MR) is 162 cm³/mol. The van der Waals surface area contributed by atoms with E-state index in [9.17, 15) is 23.9 Å². The van der Waals surface area contributed by atoms with Gasteiger partial charge in [0.05, 0.1) is 43.6 Å². The number of halogens is 1. The number of ether oxygens (including phenoxy) is 3. The van der Waals surface area contributed by atoms with E-state index in [4.69, 9.17) is 19.9 Å². The molecule has 3 atom stereocenters. The van der Waals surface area contributed by atoms with Gasteiger partial charge >= 0.3 is 11.7 Å². The Labute approximate surface area is 256 Å². The van der Waals surface area contributed by atoms with E-state index < -0.39 is 40.8 Å². The van der Waals surface area contributed by atoms with E-state index in [2.05, 4.69) is 10.2 Å². The van der Waals surface area contributed by atoms with Gasteiger partial charge in [-0.05, 0) is 59.2 Å². The van der Waals surface area contributed by atoms with Crippen molar-refractivity contribution >= 4 is 27.5 Å². The van der Waals surface area contributed by atoms with Gasteiger partial charge in [0.1, 0.15) is 33.5 Å². The smallest absolute Gasteiger partial charge is 0.333 e. The van der Waals surface area contributed by atoms with Gasteiger partial charge < -0.3 is 25.1 Å². The number of carboxylic acid groups (broad SMARTS) is 1. The maximum atomic E-state index is 14.6. The lowest BCUT2D eigenvalue weighted by molar-refractivity contribution is -0.140. The van der Waals surface area contributed by atoms with Crippen molar-refractivity contribution < 1.29 is 28.5 Å². The second-order valence-electron chi connectivity index (χ2n) is 11.2. The lowest BCUT2D eigenvalue weighted by Gasteiger charge is -2.29. The van der Waals surface area contributed by atoms with Gasteiger partial charge in [0.15, 0.2) is 0 Å². The fourth-order valence-electron chi connectivity index (χ4n) is 4.70. The average Bonchev–Trinajstić information content (AvgIpc) is 3.60. The van der Waals surface area contributed by atoms with Gasteiger partial charge in [0, 0.05) is 23.8 Å². The van der Waals surface area contributed by atoms with Crippen LogP contribution in [0.5, 0.6) is 5.75 Å². The van der Waals surface area contributed by atoms with Gasteiger partial charge in [-0.1, -0.05) is 11.3 Å². The van der Waals surface area contributed by atoms with Crippen LogP contribution in [0.25, 0.3) is 15.2 Å². The van der Waals surface area contributed by atoms with Crippen LogP contribution < -0.4 is 21.7 Å². The Morgan fingerprint density at radius 2 is 1.89 bits per heavy atom. The summed E-state index contributed by atoms with van der Waals surface area (Å²) in [6.07, 6.45) is 2.59. The van der Waals surface area contributed by atoms with Gasteiger partial charge in [-0.3, -0.25) is 9.36 Å². The summed E-state index contributed by atoms with van der Waals surface area (Å²) in [6, 6.07) is 2.42. The van der Waals surface area contributed by atoms with E-state index in [1.807, 2.05) is 20.8 Å². The molecule has 238 valence electrons. The van der Waals surface area contributed by atoms with Crippen LogP contribution in [0.2, 0.25) is 0 Å². The number of aliphatic carboxylic acids is 1. The molecule has 0 bridgehead atoms. The summed E-state index contributed by atoms with van der Waals surface area (Å²) in [7, 11) is 1.43. The van der Waals surface area contributed by atoms with Gasteiger partial charge in [-0.2, -0.15) is 10.2 Å². The Morgan fingerprint density at radius 3 is 2.50 bits per heavy atom. The molecule has 0 saturated carbocycles. The number of methoxy groups -OCH3 is 1. The van der Waals surface area contributed by atoms with Crippen molar-refractivity contribution in [2.45, 2.75) is 71.4 Å². The minimum atomic E-state index is -1.48. The number of benzene rings is 1. The summed E-state index contributed by atoms with van der Waals surface area (Å²) in [4.78, 5) is 41.2. The second kappa shape index (κ2) is 13.4. The van der Waals surface area contributed by atoms with Crippen molar-refractivity contribution in [2.75, 3.05) is 20.3 Å². The van der Waals surface area contributed by atoms with Crippen molar-refractivity contribution in [3.8, 4) is 10.8 Å². The highest BCUT2D eigenvalue weighted by Crippen LogP contribution is 2.34. The molecule has 0 fully saturated rings. The quantitative estimate of drug-likeness (QED) is 0.211. The molecule has 0 saturated heterocycles. The molecule has 44 heavy (non-hydrogen) atoms. The molecule has 4 aromatic rings. The fraction of sp³-hybridized carbons (Fsp3) is 0.483. The number of hydrogen-bond donors (Lipinski definition) is 2. The number of thiophene rings is 1. The number of hydrogen-bond acceptors (Lipinski definition) is 10. The summed E-state index contributed by atoms with van der Waals surface area (Å²) in [5.74, 6) is -1.60. The first kappa shape index (κ1) is 33.0. The van der Waals surface area contributed by atoms with Gasteiger partial charge in [-0.25, -0.2) is 18.5 Å². The third-order valence-electron chi connectivity index (χ3n) is 7.15. The van der Waals surface area contributed by atoms with Gasteiger partial charge in [0.25, 0.3) is 5.56 Å². The number of nitrogens with two attached hydrogens (primary N) is 1. The Morgan fingerprint density at radius 1 is 1.20 bits per heavy atom. The molecule has 4 rings (SSSR count). The zero-order chi connectivity index (χ0) is 32.3. The summed E-state index contributed by atoms with van der Waals surface area (Å²) in [6.45, 7) is 8.67. The highest BCUT2D eigenvalue weighted by Gasteiger charge is 2.30. The Balaban J connectivity index is 1.90. The largest absolute Gasteiger partial charge is 0.496 e. The number of carbonyl (C=O) groups is 1. The number of carboxylic acids is 1. The second-order valence-corrected chi connectivity index (χ2v) is 12.2. The number of nitrogens with zero attached hydrogens (tertiary/aromatic N) is 5. The number of aryl methyl sites for hydroxylation is 1. The van der Waals surface area contributed by atoms with Crippen molar-refractivity contribution in [1.82, 2.24) is 24.1 Å². The lowest BCUT2D eigenvalue weighted by Crippen LogP contribution is -2.44. The first-order valence-electron chi connectivity index (χ1n) is 14.0. The van der Waals surface area contributed by atoms with E-state index in [-0.39, 0.29) is 29.4 Å². The molecule has 3 aromatic heterocycles. The summed E-state index contributed by atoms with van der Waals surface area (Å²) < 4.78 is 34.5. The molecular formula is C29H37FN6O7S. The van der Waals surface area contributed by atoms with Crippen LogP contribution in [0, 0.1) is 12.7 Å². The predicted octanol–water partition coefficient (Wildman–Crippen LogP) is 3.20. The minimum absolute atomic E-state index is 0.0330. The van der Waals surface area contributed by atoms with Crippen LogP contribution in [0.4, 0.5) is 4.39 Å². The van der Waals surface area contributed by atoms with Crippen LogP contribution in [-0.4, -0.2) is 67.2 Å². The molecule has 1 aromatic carbocycles. The Hall–Kier alpha value is -3.92. The number of fused-ring (bicyclic) bond motifs is 1. The number of rotatable bonds is 14. The molecule has 0 amide bonds. The normalized spacial score (nSPS) is 14.1. The van der Waals surface area contributed by atoms with Crippen LogP contribution in [0.1, 0.15) is 57.4 Å². The monoisotopic (exact) mass is 632 g/mol. The molecular weight excluding hydrogens is 595 g/mol. The van der Waals surface area contributed by atoms with Crippen LogP contribution in [0.15, 0.2) is 40.2 Å². The standard InChI is InChI=1S/C29H37FN6O7S/c1-16(31)9-12-43-29(4,5)15-42-22(20-13-19(30)7-8-21(20)41-6)14-34-26-23(17(2)25(44-26)36-32-10-11-33-36)24(37)35(28(34)40)18(3)27(38)39/h7-8,10-11,13,16,18,22H,9,12,14-15,31H2,1-6H3,(H,38,39)/t16?,18-,22-/m0/s1. The van der Waals surface area contributed by atoms with E-state index in [1.165, 1.54) is 54.0 Å². The average molecular weight is 633 g/mol. The first-order chi connectivity index (χ1) is 20.8. The molecule has 0 aliphatic rings. The topological polar surface area (TPSA) is 166 Å². The summed E-state index contributed by atoms with van der Waals surface area (Å²) >= 11 is 1.10. The number of aromatic nitrogens is 5. The molecule has 15 heteroatoms. The van der Waals surface area contributed by atoms with Crippen molar-refractivity contribution in [1.29, 1.82) is 0 Å². The molecule has 3 heterocycles. The van der Waals surface area contributed by atoms with Crippen LogP contribution in [0.3, 0.4) is 0 Å². The zero-order valence-corrected chi connectivity index (χ0v) is 26.3. The van der Waals surface area contributed by atoms with Crippen molar-refractivity contribution in [2.24, 2.45) is 5.73 Å². The highest BCUT2D eigenvalue weighted by molar-refractivity contribution is 7.21. The van der Waals surface area contributed by atoms with E-state index >= 15 is 0 Å². The van der Waals surface area contributed by atoms with Crippen molar-refractivity contribution in [3.63, 3.8) is 0 Å². The molecule has 0 radical (unpaired) electrons. The molecule has 1 unspecified atom stereocenters. The highest BCUT2D eigenvalue weighted by atomic mass is 32.1. The van der Waals surface area contributed by atoms with Crippen LogP contribution in [-0.2, 0) is 20.8 Å². The zero-order valence-electron chi connectivity index (χ0n) is 25.4. The summed E-state index contributed by atoms with van der Waals surface area (Å²) in [5, 5.41) is 18.7. The third-order valence-corrected chi connectivity index (χ3v) is 8.43. The van der Waals surface area contributed by atoms with Crippen LogP contribution >= 0.6 is 11.3 Å². The SMILES string of the molecule is COc1ccc(F)cc1[C@H](Cn1c(=O)n([C@@H](C)C(=O)O)c(=O)c2c(C)c(-n3nccn3)sc21)OCC(C)(C)OCCC(C)N. The lowest BCUT2D eigenvalue weighted by atomic mass is 10.1. The maximum absolute atomic E-state index is 14.6. The fourth-order valence-corrected chi connectivity index (χ4v) is 5.92. The van der Waals surface area contributed by atoms with E-state index in [0.29, 0.717) is 39.5 Å². The molecule has 13 nitrogen and oxygen atoms in total. The minimum Gasteiger partial charge on any atom is -0.496 e. The van der Waals surface area contributed by atoms with Gasteiger partial charge in [0.2, 0.25) is 0 Å². The third kappa shape index (κ3) is 6.90. The van der Waals surface area contributed by atoms with E-state index in [0.717, 1.165) is 11.3 Å². The molecule has 0 aliphatic heterocycles. The van der Waals surface area contributed by atoms with Crippen molar-refractivity contribution in [3.05, 3.63) is 68.4 Å². The Bertz CT molecular complexity index is 1750. The van der Waals surface area contributed by atoms with Gasteiger partial charge in [-0.15, -0.1) is 4.80 Å². The molecule has 0 spiro atoms. The first-order valence-corrected chi connectivity index (χ1v) is 14.8. The van der Waals surface area contributed by atoms with E-state index in [1.54, 1.807) is 6.92 Å². The molecule has 3 N–H and O–H groups in total. The summed E-state index contributed by atoms with van der Waals surface area (Å²) in [5.41, 5.74) is 4.22. The Kier molecular flexibility index (Phi) is 10.0. The maximum Gasteiger partial charge on any atom is 0.333 e. The molecule has 0 aliphatic carbocycles.